The molecule has 0 aromatic heterocycles. The number of nitrogens with one attached hydrogen (secondary N) is 2. The molecule has 0 saturated carbocycles. The molecular formula is C30H24N6O8S2. The first-order valence-electron chi connectivity index (χ1n) is 13.2. The lowest BCUT2D eigenvalue weighted by Crippen LogP contribution is -2.27. The van der Waals surface area contributed by atoms with E-state index in [1.54, 1.807) is 49.4 Å². The first-order valence-corrected chi connectivity index (χ1v) is 16.1. The maximum atomic E-state index is 13.2. The molecular weight excluding hydrogens is 636 g/mol. The molecule has 0 bridgehead atoms. The summed E-state index contributed by atoms with van der Waals surface area (Å²) in [6, 6.07) is 20.4. The number of fused-ring (bicyclic) bond motifs is 1. The third-order valence-corrected chi connectivity index (χ3v) is 8.38. The number of amides is 1. The molecule has 0 fully saturated rings. The number of hydrogen-bond donors (Lipinski definition) is 5. The number of allylic oxidation sites excluding steroid dienone is 1. The van der Waals surface area contributed by atoms with Crippen molar-refractivity contribution < 1.29 is 35.5 Å². The number of ketones is 1. The lowest BCUT2D eigenvalue weighted by molar-refractivity contribution is 0.102. The van der Waals surface area contributed by atoms with Gasteiger partial charge in [-0.25, -0.2) is 0 Å². The molecule has 1 aliphatic rings. The molecule has 0 radical (unpaired) electrons. The second-order valence-electron chi connectivity index (χ2n) is 9.93. The number of hydrazone groups is 1. The highest BCUT2D eigenvalue weighted by atomic mass is 32.2. The van der Waals surface area contributed by atoms with Gasteiger partial charge in [-0.2, -0.15) is 32.2 Å². The van der Waals surface area contributed by atoms with Crippen LogP contribution in [0.1, 0.15) is 31.8 Å². The van der Waals surface area contributed by atoms with E-state index in [9.17, 15) is 31.0 Å². The minimum Gasteiger partial charge on any atom is -0.399 e. The molecule has 234 valence electrons. The zero-order chi connectivity index (χ0) is 33.2. The van der Waals surface area contributed by atoms with E-state index in [0.29, 0.717) is 28.2 Å². The van der Waals surface area contributed by atoms with Crippen LogP contribution in [0.25, 0.3) is 6.08 Å². The van der Waals surface area contributed by atoms with Crippen LogP contribution in [0.2, 0.25) is 0 Å². The highest BCUT2D eigenvalue weighted by Gasteiger charge is 2.33. The van der Waals surface area contributed by atoms with Gasteiger partial charge in [-0.1, -0.05) is 0 Å². The molecule has 0 heterocycles. The summed E-state index contributed by atoms with van der Waals surface area (Å²) in [6.07, 6.45) is 1.07. The Labute approximate surface area is 262 Å². The summed E-state index contributed by atoms with van der Waals surface area (Å²) in [6.45, 7) is 1.78. The molecule has 0 spiro atoms. The van der Waals surface area contributed by atoms with Crippen molar-refractivity contribution in [1.29, 1.82) is 0 Å². The topological polar surface area (TPSA) is 230 Å². The van der Waals surface area contributed by atoms with Crippen molar-refractivity contribution in [2.75, 3.05) is 16.5 Å². The lowest BCUT2D eigenvalue weighted by Gasteiger charge is -2.16. The summed E-state index contributed by atoms with van der Waals surface area (Å²) >= 11 is 0. The number of carbonyl (C=O) groups is 2. The average molecular weight is 661 g/mol. The van der Waals surface area contributed by atoms with Crippen molar-refractivity contribution in [2.45, 2.75) is 11.8 Å². The molecule has 1 aliphatic carbocycles. The normalized spacial score (nSPS) is 14.2. The van der Waals surface area contributed by atoms with Gasteiger partial charge in [-0.15, -0.1) is 0 Å². The van der Waals surface area contributed by atoms with E-state index in [4.69, 9.17) is 10.3 Å². The molecule has 6 N–H and O–H groups in total. The number of nitrogen functional groups attached to an aromatic ring is 1. The second kappa shape index (κ2) is 12.4. The van der Waals surface area contributed by atoms with Gasteiger partial charge in [0, 0.05) is 22.5 Å². The smallest absolute Gasteiger partial charge is 0.296 e. The highest BCUT2D eigenvalue weighted by molar-refractivity contribution is 7.91. The number of carbonyl (C=O) groups excluding carboxylic acids is 2. The van der Waals surface area contributed by atoms with Gasteiger partial charge in [0.2, 0.25) is 5.78 Å². The third kappa shape index (κ3) is 7.22. The number of azo groups is 1. The Morgan fingerprint density at radius 1 is 0.804 bits per heavy atom. The third-order valence-electron chi connectivity index (χ3n) is 6.64. The zero-order valence-corrected chi connectivity index (χ0v) is 25.4. The minimum atomic E-state index is -4.92. The van der Waals surface area contributed by atoms with E-state index in [2.05, 4.69) is 26.1 Å². The van der Waals surface area contributed by atoms with Crippen LogP contribution in [-0.4, -0.2) is 43.3 Å². The Kier molecular flexibility index (Phi) is 8.62. The number of Topliss-reactive ketones (excluding diaryl/α,β-unsaturated/α-hetero) is 1. The van der Waals surface area contributed by atoms with Crippen LogP contribution in [0, 0.1) is 6.92 Å². The standard InChI is InChI=1S/C30H24N6O8S2/c1-17-14-22(32-30(38)18-2-4-20(31)5-3-18)9-13-26(17)35-34-23-8-12-25-19(15-23)16-27(46(42,43)44)28(29(25)37)36-33-21-6-10-24(11-7-21)45(39,40)41/h2-16,33H,31H2,1H3,(H,32,38)(H,39,40,41)(H,42,43,44). The van der Waals surface area contributed by atoms with Crippen LogP contribution >= 0.6 is 0 Å². The Hall–Kier alpha value is -5.55. The number of nitrogens with two attached hydrogens (primary N) is 1. The average Bonchev–Trinajstić information content (AvgIpc) is 2.99. The SMILES string of the molecule is Cc1cc(NC(=O)c2ccc(N)cc2)ccc1N=Nc1ccc2c(c1)C=C(S(=O)(=O)O)C(=NNc1ccc(S(=O)(=O)O)cc1)C2=O. The summed E-state index contributed by atoms with van der Waals surface area (Å²) in [5, 5.41) is 15.1. The summed E-state index contributed by atoms with van der Waals surface area (Å²) in [4.78, 5) is 24.6. The Morgan fingerprint density at radius 3 is 2.11 bits per heavy atom. The molecule has 0 saturated heterocycles. The molecule has 4 aromatic rings. The van der Waals surface area contributed by atoms with Crippen LogP contribution < -0.4 is 16.5 Å². The Bertz CT molecular complexity index is 2190. The molecule has 5 rings (SSSR count). The number of anilines is 3. The largest absolute Gasteiger partial charge is 0.399 e. The van der Waals surface area contributed by atoms with Crippen LogP contribution in [0.3, 0.4) is 0 Å². The summed E-state index contributed by atoms with van der Waals surface area (Å²) in [5.41, 5.74) is 10.9. The van der Waals surface area contributed by atoms with Crippen molar-refractivity contribution in [3.05, 3.63) is 112 Å². The first-order chi connectivity index (χ1) is 21.7. The number of rotatable bonds is 8. The molecule has 0 unspecified atom stereocenters. The summed E-state index contributed by atoms with van der Waals surface area (Å²) in [7, 11) is -9.36. The van der Waals surface area contributed by atoms with E-state index in [0.717, 1.165) is 18.2 Å². The van der Waals surface area contributed by atoms with E-state index >= 15 is 0 Å². The molecule has 0 aliphatic heterocycles. The highest BCUT2D eigenvalue weighted by Crippen LogP contribution is 2.31. The predicted octanol–water partition coefficient (Wildman–Crippen LogP) is 5.38. The van der Waals surface area contributed by atoms with Gasteiger partial charge in [0.15, 0.2) is 5.71 Å². The Balaban J connectivity index is 1.36. The van der Waals surface area contributed by atoms with E-state index in [1.807, 2.05) is 0 Å². The fourth-order valence-corrected chi connectivity index (χ4v) is 5.45. The number of nitrogens with zero attached hydrogens (tertiary/aromatic N) is 3. The van der Waals surface area contributed by atoms with Crippen molar-refractivity contribution in [2.24, 2.45) is 15.3 Å². The van der Waals surface area contributed by atoms with Crippen LogP contribution in [0.5, 0.6) is 0 Å². The number of benzene rings is 4. The summed E-state index contributed by atoms with van der Waals surface area (Å²) < 4.78 is 65.9. The number of hydrogen-bond acceptors (Lipinski definition) is 11. The molecule has 16 heteroatoms. The molecule has 1 amide bonds. The van der Waals surface area contributed by atoms with Gasteiger partial charge in [0.25, 0.3) is 26.1 Å². The molecule has 0 atom stereocenters. The number of aryl methyl sites for hydroxylation is 1. The van der Waals surface area contributed by atoms with Gasteiger partial charge in [0.1, 0.15) is 4.91 Å². The van der Waals surface area contributed by atoms with E-state index in [-0.39, 0.29) is 33.3 Å². The van der Waals surface area contributed by atoms with Crippen molar-refractivity contribution in [3.63, 3.8) is 0 Å². The van der Waals surface area contributed by atoms with E-state index < -0.39 is 36.6 Å². The monoisotopic (exact) mass is 660 g/mol. The predicted molar refractivity (Wildman–Crippen MR) is 172 cm³/mol. The van der Waals surface area contributed by atoms with Gasteiger partial charge in [-0.05, 0) is 109 Å². The fraction of sp³-hybridized carbons (Fsp3) is 0.0333. The summed E-state index contributed by atoms with van der Waals surface area (Å²) in [5.74, 6) is -1.13. The van der Waals surface area contributed by atoms with Crippen molar-refractivity contribution in [3.8, 4) is 0 Å². The molecule has 46 heavy (non-hydrogen) atoms. The van der Waals surface area contributed by atoms with Crippen molar-refractivity contribution in [1.82, 2.24) is 0 Å². The van der Waals surface area contributed by atoms with Gasteiger partial charge in [-0.3, -0.25) is 24.1 Å². The van der Waals surface area contributed by atoms with E-state index in [1.165, 1.54) is 30.3 Å². The van der Waals surface area contributed by atoms with Crippen LogP contribution in [-0.2, 0) is 20.2 Å². The molecule has 14 nitrogen and oxygen atoms in total. The van der Waals surface area contributed by atoms with Crippen LogP contribution in [0.15, 0.2) is 110 Å². The maximum absolute atomic E-state index is 13.2. The van der Waals surface area contributed by atoms with Gasteiger partial charge >= 0.3 is 0 Å². The first kappa shape index (κ1) is 31.9. The fourth-order valence-electron chi connectivity index (χ4n) is 4.31. The zero-order valence-electron chi connectivity index (χ0n) is 23.7. The van der Waals surface area contributed by atoms with Crippen molar-refractivity contribution >= 4 is 72.2 Å². The maximum Gasteiger partial charge on any atom is 0.296 e. The lowest BCUT2D eigenvalue weighted by atomic mass is 9.94. The Morgan fingerprint density at radius 2 is 1.48 bits per heavy atom. The second-order valence-corrected chi connectivity index (χ2v) is 12.7. The van der Waals surface area contributed by atoms with Crippen LogP contribution in [0.4, 0.5) is 28.4 Å². The minimum absolute atomic E-state index is 0.0750. The van der Waals surface area contributed by atoms with Gasteiger partial charge in [0.05, 0.1) is 22.0 Å². The quantitative estimate of drug-likeness (QED) is 0.0700. The molecule has 4 aromatic carbocycles. The van der Waals surface area contributed by atoms with Gasteiger partial charge < -0.3 is 11.1 Å².